The molecule has 2 aliphatic carbocycles. The van der Waals surface area contributed by atoms with Gasteiger partial charge in [0.05, 0.1) is 12.2 Å². The third kappa shape index (κ3) is 2.21. The monoisotopic (exact) mass is 236 g/mol. The van der Waals surface area contributed by atoms with Gasteiger partial charge in [-0.3, -0.25) is 0 Å². The van der Waals surface area contributed by atoms with Crippen molar-refractivity contribution in [2.24, 2.45) is 11.3 Å². The maximum absolute atomic E-state index is 10.4. The van der Waals surface area contributed by atoms with Crippen molar-refractivity contribution < 1.29 is 10.2 Å². The molecule has 3 atom stereocenters. The molecule has 0 aromatic heterocycles. The molecule has 0 aromatic carbocycles. The molecule has 0 heterocycles. The van der Waals surface area contributed by atoms with Crippen LogP contribution in [-0.2, 0) is 0 Å². The Bertz CT molecular complexity index is 376. The maximum Gasteiger partial charge on any atom is 0.0843 e. The van der Waals surface area contributed by atoms with Crippen molar-refractivity contribution in [2.75, 3.05) is 0 Å². The average molecular weight is 236 g/mol. The molecule has 0 bridgehead atoms. The van der Waals surface area contributed by atoms with Crippen LogP contribution in [0.25, 0.3) is 0 Å². The van der Waals surface area contributed by atoms with E-state index in [2.05, 4.69) is 20.8 Å². The summed E-state index contributed by atoms with van der Waals surface area (Å²) in [4.78, 5) is 0. The molecule has 0 saturated carbocycles. The standard InChI is InChI=1S/C15H24O2/c1-9-5-6-13(16)10(2)7-11-12(9)8-15(3,4)14(11)17/h7,9,13-14,16-17H,5-6,8H2,1-4H3/b10-7-/t9-,13+,14-/m1/s1. The average Bonchev–Trinajstić information content (AvgIpc) is 2.47. The van der Waals surface area contributed by atoms with Crippen LogP contribution in [0.15, 0.2) is 22.8 Å². The molecule has 0 radical (unpaired) electrons. The fourth-order valence-electron chi connectivity index (χ4n) is 3.07. The van der Waals surface area contributed by atoms with E-state index in [1.807, 2.05) is 13.0 Å². The molecule has 0 amide bonds. The third-order valence-corrected chi connectivity index (χ3v) is 4.43. The van der Waals surface area contributed by atoms with Gasteiger partial charge in [-0.2, -0.15) is 0 Å². The van der Waals surface area contributed by atoms with Gasteiger partial charge in [0.2, 0.25) is 0 Å². The van der Waals surface area contributed by atoms with Crippen molar-refractivity contribution in [1.82, 2.24) is 0 Å². The van der Waals surface area contributed by atoms with E-state index in [0.29, 0.717) is 5.92 Å². The first-order chi connectivity index (χ1) is 7.83. The number of hydrogen-bond acceptors (Lipinski definition) is 2. The Morgan fingerprint density at radius 1 is 1.24 bits per heavy atom. The van der Waals surface area contributed by atoms with E-state index in [1.54, 1.807) is 0 Å². The Balaban J connectivity index is 2.44. The van der Waals surface area contributed by atoms with Crippen LogP contribution in [0.5, 0.6) is 0 Å². The van der Waals surface area contributed by atoms with E-state index in [0.717, 1.165) is 30.4 Å². The molecular formula is C15H24O2. The van der Waals surface area contributed by atoms with E-state index < -0.39 is 0 Å². The third-order valence-electron chi connectivity index (χ3n) is 4.43. The second-order valence-corrected chi connectivity index (χ2v) is 6.43. The van der Waals surface area contributed by atoms with E-state index in [4.69, 9.17) is 0 Å². The van der Waals surface area contributed by atoms with Crippen LogP contribution in [0.4, 0.5) is 0 Å². The lowest BCUT2D eigenvalue weighted by atomic mass is 9.84. The number of aliphatic hydroxyl groups excluding tert-OH is 2. The van der Waals surface area contributed by atoms with Crippen molar-refractivity contribution in [1.29, 1.82) is 0 Å². The second kappa shape index (κ2) is 4.25. The van der Waals surface area contributed by atoms with E-state index in [9.17, 15) is 10.2 Å². The zero-order valence-corrected chi connectivity index (χ0v) is 11.3. The molecule has 2 N–H and O–H groups in total. The van der Waals surface area contributed by atoms with Gasteiger partial charge in [-0.1, -0.05) is 32.4 Å². The van der Waals surface area contributed by atoms with Gasteiger partial charge in [-0.15, -0.1) is 0 Å². The number of hydrogen-bond donors (Lipinski definition) is 2. The molecule has 96 valence electrons. The fraction of sp³-hybridized carbons (Fsp3) is 0.733. The van der Waals surface area contributed by atoms with E-state index in [1.165, 1.54) is 5.57 Å². The minimum atomic E-state index is -0.389. The van der Waals surface area contributed by atoms with Gasteiger partial charge < -0.3 is 10.2 Å². The Labute approximate surface area is 104 Å². The molecule has 0 spiro atoms. The number of aliphatic hydroxyl groups is 2. The smallest absolute Gasteiger partial charge is 0.0843 e. The first-order valence-corrected chi connectivity index (χ1v) is 6.60. The second-order valence-electron chi connectivity index (χ2n) is 6.43. The Morgan fingerprint density at radius 3 is 2.53 bits per heavy atom. The van der Waals surface area contributed by atoms with Crippen LogP contribution >= 0.6 is 0 Å². The van der Waals surface area contributed by atoms with E-state index in [-0.39, 0.29) is 17.6 Å². The predicted molar refractivity (Wildman–Crippen MR) is 69.6 cm³/mol. The van der Waals surface area contributed by atoms with Crippen LogP contribution in [-0.4, -0.2) is 22.4 Å². The summed E-state index contributed by atoms with van der Waals surface area (Å²) < 4.78 is 0. The van der Waals surface area contributed by atoms with Crippen LogP contribution < -0.4 is 0 Å². The van der Waals surface area contributed by atoms with Crippen molar-refractivity contribution in [3.05, 3.63) is 22.8 Å². The predicted octanol–water partition coefficient (Wildman–Crippen LogP) is 2.81. The molecule has 2 rings (SSSR count). The highest BCUT2D eigenvalue weighted by atomic mass is 16.3. The summed E-state index contributed by atoms with van der Waals surface area (Å²) >= 11 is 0. The van der Waals surface area contributed by atoms with Crippen molar-refractivity contribution in [3.8, 4) is 0 Å². The van der Waals surface area contributed by atoms with Gasteiger partial charge in [0.25, 0.3) is 0 Å². The minimum absolute atomic E-state index is 0.0645. The molecule has 2 aliphatic rings. The van der Waals surface area contributed by atoms with E-state index >= 15 is 0 Å². The lowest BCUT2D eigenvalue weighted by Crippen LogP contribution is -2.25. The molecule has 0 aliphatic heterocycles. The molecule has 0 fully saturated rings. The van der Waals surface area contributed by atoms with Crippen LogP contribution in [0.2, 0.25) is 0 Å². The quantitative estimate of drug-likeness (QED) is 0.679. The molecule has 0 saturated heterocycles. The molecule has 17 heavy (non-hydrogen) atoms. The minimum Gasteiger partial charge on any atom is -0.389 e. The van der Waals surface area contributed by atoms with Crippen LogP contribution in [0.3, 0.4) is 0 Å². The van der Waals surface area contributed by atoms with Crippen molar-refractivity contribution in [2.45, 2.75) is 59.2 Å². The normalized spacial score (nSPS) is 40.4. The van der Waals surface area contributed by atoms with Crippen molar-refractivity contribution >= 4 is 0 Å². The van der Waals surface area contributed by atoms with Gasteiger partial charge >= 0.3 is 0 Å². The molecule has 2 heteroatoms. The maximum atomic E-state index is 10.4. The van der Waals surface area contributed by atoms with Crippen LogP contribution in [0.1, 0.15) is 47.0 Å². The summed E-state index contributed by atoms with van der Waals surface area (Å²) in [5.41, 5.74) is 3.39. The molecule has 0 aromatic rings. The van der Waals surface area contributed by atoms with Crippen LogP contribution in [0, 0.1) is 11.3 Å². The summed E-state index contributed by atoms with van der Waals surface area (Å²) in [7, 11) is 0. The van der Waals surface area contributed by atoms with Gasteiger partial charge in [0, 0.05) is 0 Å². The molecule has 2 nitrogen and oxygen atoms in total. The fourth-order valence-corrected chi connectivity index (χ4v) is 3.07. The molecule has 0 unspecified atom stereocenters. The Hall–Kier alpha value is -0.600. The number of rotatable bonds is 0. The summed E-state index contributed by atoms with van der Waals surface area (Å²) in [6.07, 6.45) is 4.10. The zero-order valence-electron chi connectivity index (χ0n) is 11.3. The summed E-state index contributed by atoms with van der Waals surface area (Å²) in [6, 6.07) is 0. The highest BCUT2D eigenvalue weighted by Gasteiger charge is 2.40. The first kappa shape index (κ1) is 12.8. The van der Waals surface area contributed by atoms with Gasteiger partial charge in [0.15, 0.2) is 0 Å². The Kier molecular flexibility index (Phi) is 3.21. The first-order valence-electron chi connectivity index (χ1n) is 6.60. The summed E-state index contributed by atoms with van der Waals surface area (Å²) in [6.45, 7) is 8.41. The lowest BCUT2D eigenvalue weighted by Gasteiger charge is -2.24. The van der Waals surface area contributed by atoms with Crippen molar-refractivity contribution in [3.63, 3.8) is 0 Å². The van der Waals surface area contributed by atoms with Gasteiger partial charge in [-0.25, -0.2) is 0 Å². The SMILES string of the molecule is C/C1=C/C2=C(CC(C)(C)[C@@H]2O)[C@H](C)CC[C@@H]1O. The van der Waals surface area contributed by atoms with Gasteiger partial charge in [-0.05, 0) is 48.7 Å². The van der Waals surface area contributed by atoms with Gasteiger partial charge in [0.1, 0.15) is 0 Å². The zero-order chi connectivity index (χ0) is 12.8. The highest BCUT2D eigenvalue weighted by Crippen LogP contribution is 2.46. The highest BCUT2D eigenvalue weighted by molar-refractivity contribution is 5.41. The topological polar surface area (TPSA) is 40.5 Å². The summed E-state index contributed by atoms with van der Waals surface area (Å²) in [5, 5.41) is 20.4. The lowest BCUT2D eigenvalue weighted by molar-refractivity contribution is 0.0991. The summed E-state index contributed by atoms with van der Waals surface area (Å²) in [5.74, 6) is 0.473. The molecular weight excluding hydrogens is 212 g/mol. The Morgan fingerprint density at radius 2 is 1.88 bits per heavy atom. The largest absolute Gasteiger partial charge is 0.389 e. The number of allylic oxidation sites excluding steroid dienone is 1.